The second kappa shape index (κ2) is 11.7. The molecule has 0 aliphatic rings. The molecule has 2 heterocycles. The molecule has 0 aliphatic carbocycles. The lowest BCUT2D eigenvalue weighted by molar-refractivity contribution is -0.110. The number of amides is 1. The van der Waals surface area contributed by atoms with Crippen molar-refractivity contribution in [1.29, 1.82) is 0 Å². The zero-order valence-corrected chi connectivity index (χ0v) is 21.5. The van der Waals surface area contributed by atoms with Crippen molar-refractivity contribution in [1.82, 2.24) is 19.9 Å². The fourth-order valence-corrected chi connectivity index (χ4v) is 4.57. The van der Waals surface area contributed by atoms with E-state index in [1.54, 1.807) is 27.1 Å². The van der Waals surface area contributed by atoms with Crippen molar-refractivity contribution in [2.75, 3.05) is 25.6 Å². The van der Waals surface area contributed by atoms with E-state index < -0.39 is 18.1 Å². The van der Waals surface area contributed by atoms with Crippen LogP contribution in [0.1, 0.15) is 48.8 Å². The van der Waals surface area contributed by atoms with E-state index in [1.807, 2.05) is 13.0 Å². The van der Waals surface area contributed by atoms with Gasteiger partial charge in [-0.3, -0.25) is 9.59 Å². The molecule has 11 heteroatoms. The number of nitrogens with zero attached hydrogens (tertiary/aromatic N) is 3. The summed E-state index contributed by atoms with van der Waals surface area (Å²) in [5.41, 5.74) is -0.0824. The minimum atomic E-state index is -3.35. The Balaban J connectivity index is 2.09. The van der Waals surface area contributed by atoms with Gasteiger partial charge in [0.05, 0.1) is 11.1 Å². The van der Waals surface area contributed by atoms with Crippen LogP contribution in [0.25, 0.3) is 10.9 Å². The van der Waals surface area contributed by atoms with Crippen LogP contribution in [0.3, 0.4) is 0 Å². The quantitative estimate of drug-likeness (QED) is 0.236. The number of aliphatic hydroxyl groups excluding tert-OH is 1. The minimum absolute atomic E-state index is 0.152. The van der Waals surface area contributed by atoms with Gasteiger partial charge in [-0.05, 0) is 37.5 Å². The summed E-state index contributed by atoms with van der Waals surface area (Å²) in [6.45, 7) is 2.90. The number of halogens is 2. The maximum absolute atomic E-state index is 14.0. The summed E-state index contributed by atoms with van der Waals surface area (Å²) in [7, 11) is 3.23. The number of benzene rings is 1. The summed E-state index contributed by atoms with van der Waals surface area (Å²) in [4.78, 5) is 33.1. The molecule has 0 saturated carbocycles. The maximum Gasteiger partial charge on any atom is 0.295 e. The van der Waals surface area contributed by atoms with Crippen LogP contribution in [0.15, 0.2) is 35.1 Å². The van der Waals surface area contributed by atoms with Crippen molar-refractivity contribution in [3.05, 3.63) is 63.3 Å². The highest BCUT2D eigenvalue weighted by Gasteiger charge is 2.34. The van der Waals surface area contributed by atoms with E-state index in [4.69, 9.17) is 9.84 Å². The number of methoxy groups -OCH3 is 1. The molecule has 0 aliphatic heterocycles. The highest BCUT2D eigenvalue weighted by molar-refractivity contribution is 5.89. The number of nitrogens with one attached hydrogen (secondary N) is 2. The molecular weight excluding hydrogens is 484 g/mol. The summed E-state index contributed by atoms with van der Waals surface area (Å²) >= 11 is 0. The molecule has 0 radical (unpaired) electrons. The highest BCUT2D eigenvalue weighted by Crippen LogP contribution is 2.35. The Bertz CT molecular complexity index is 1310. The van der Waals surface area contributed by atoms with Crippen LogP contribution < -0.4 is 16.2 Å². The number of aromatic nitrogens is 3. The first-order chi connectivity index (χ1) is 17.6. The molecule has 3 rings (SSSR count). The number of alkyl halides is 2. The van der Waals surface area contributed by atoms with Gasteiger partial charge in [0.2, 0.25) is 6.41 Å². The third kappa shape index (κ3) is 5.94. The molecule has 200 valence electrons. The number of carbonyl (C=O) groups excluding carboxylic acids is 1. The van der Waals surface area contributed by atoms with Gasteiger partial charge in [-0.1, -0.05) is 31.5 Å². The molecule has 1 atom stereocenters. The fraction of sp³-hybridized carbons (Fsp3) is 0.462. The summed E-state index contributed by atoms with van der Waals surface area (Å²) in [5.74, 6) is -2.59. The van der Waals surface area contributed by atoms with E-state index in [0.717, 1.165) is 6.42 Å². The van der Waals surface area contributed by atoms with E-state index >= 15 is 0 Å². The number of aliphatic hydroxyl groups is 1. The Morgan fingerprint density at radius 3 is 2.62 bits per heavy atom. The first-order valence-corrected chi connectivity index (χ1v) is 12.1. The van der Waals surface area contributed by atoms with Crippen molar-refractivity contribution in [3.63, 3.8) is 0 Å². The Morgan fingerprint density at radius 1 is 1.22 bits per heavy atom. The lowest BCUT2D eigenvalue weighted by atomic mass is 9.88. The SMILES string of the molecule is CCC[C@@](CCNC=O)(OC)c1cc2c(NCc3cccc(C(F)(F)CO)c3)nc(C)nc2c(=O)n1C. The summed E-state index contributed by atoms with van der Waals surface area (Å²) in [6, 6.07) is 7.58. The minimum Gasteiger partial charge on any atom is -0.390 e. The van der Waals surface area contributed by atoms with Gasteiger partial charge in [-0.25, -0.2) is 9.97 Å². The number of aryl methyl sites for hydroxylation is 1. The molecule has 3 aromatic rings. The van der Waals surface area contributed by atoms with E-state index in [9.17, 15) is 18.4 Å². The molecule has 0 saturated heterocycles. The average Bonchev–Trinajstić information content (AvgIpc) is 2.89. The van der Waals surface area contributed by atoms with Gasteiger partial charge in [-0.15, -0.1) is 0 Å². The second-order valence-electron chi connectivity index (χ2n) is 8.96. The third-order valence-electron chi connectivity index (χ3n) is 6.48. The molecule has 37 heavy (non-hydrogen) atoms. The average molecular weight is 518 g/mol. The number of hydrogen-bond acceptors (Lipinski definition) is 7. The molecule has 2 aromatic heterocycles. The number of carbonyl (C=O) groups is 1. The number of fused-ring (bicyclic) bond motifs is 1. The highest BCUT2D eigenvalue weighted by atomic mass is 19.3. The molecule has 1 amide bonds. The van der Waals surface area contributed by atoms with Gasteiger partial charge < -0.3 is 25.0 Å². The number of ether oxygens (including phenoxy) is 1. The first-order valence-electron chi connectivity index (χ1n) is 12.1. The number of hydrogen-bond donors (Lipinski definition) is 3. The summed E-state index contributed by atoms with van der Waals surface area (Å²) in [6.07, 6.45) is 2.43. The summed E-state index contributed by atoms with van der Waals surface area (Å²) in [5, 5.41) is 15.3. The smallest absolute Gasteiger partial charge is 0.295 e. The largest absolute Gasteiger partial charge is 0.390 e. The zero-order chi connectivity index (χ0) is 27.2. The first kappa shape index (κ1) is 28.1. The fourth-order valence-electron chi connectivity index (χ4n) is 4.57. The van der Waals surface area contributed by atoms with Crippen LogP contribution >= 0.6 is 0 Å². The van der Waals surface area contributed by atoms with Crippen LogP contribution in [-0.4, -0.2) is 46.3 Å². The van der Waals surface area contributed by atoms with Gasteiger partial charge in [0.15, 0.2) is 0 Å². The van der Waals surface area contributed by atoms with Crippen LogP contribution in [-0.2, 0) is 34.6 Å². The topological polar surface area (TPSA) is 118 Å². The molecule has 1 aromatic carbocycles. The normalized spacial score (nSPS) is 13.4. The summed E-state index contributed by atoms with van der Waals surface area (Å²) < 4.78 is 35.4. The number of anilines is 1. The molecule has 0 spiro atoms. The van der Waals surface area contributed by atoms with E-state index in [2.05, 4.69) is 20.6 Å². The molecular formula is C26H33F2N5O4. The van der Waals surface area contributed by atoms with Crippen molar-refractivity contribution in [2.45, 2.75) is 51.2 Å². The lowest BCUT2D eigenvalue weighted by Gasteiger charge is -2.34. The van der Waals surface area contributed by atoms with Gasteiger partial charge in [-0.2, -0.15) is 8.78 Å². The van der Waals surface area contributed by atoms with Crippen molar-refractivity contribution in [2.24, 2.45) is 7.05 Å². The number of rotatable bonds is 13. The van der Waals surface area contributed by atoms with Crippen molar-refractivity contribution in [3.8, 4) is 0 Å². The van der Waals surface area contributed by atoms with Crippen molar-refractivity contribution >= 4 is 23.1 Å². The van der Waals surface area contributed by atoms with Gasteiger partial charge in [0.1, 0.15) is 29.4 Å². The van der Waals surface area contributed by atoms with Gasteiger partial charge in [0, 0.05) is 32.8 Å². The van der Waals surface area contributed by atoms with Crippen molar-refractivity contribution < 1.29 is 23.4 Å². The monoisotopic (exact) mass is 517 g/mol. The Hall–Kier alpha value is -3.44. The molecule has 0 fully saturated rings. The predicted octanol–water partition coefficient (Wildman–Crippen LogP) is 3.11. The molecule has 3 N–H and O–H groups in total. The van der Waals surface area contributed by atoms with Gasteiger partial charge >= 0.3 is 0 Å². The Labute approximate surface area is 213 Å². The van der Waals surface area contributed by atoms with E-state index in [0.29, 0.717) is 54.1 Å². The molecule has 0 bridgehead atoms. The van der Waals surface area contributed by atoms with E-state index in [-0.39, 0.29) is 23.2 Å². The third-order valence-corrected chi connectivity index (χ3v) is 6.48. The number of pyridine rings is 1. The van der Waals surface area contributed by atoms with Crippen LogP contribution in [0, 0.1) is 6.92 Å². The van der Waals surface area contributed by atoms with Crippen LogP contribution in [0.4, 0.5) is 14.6 Å². The van der Waals surface area contributed by atoms with E-state index in [1.165, 1.54) is 22.8 Å². The van der Waals surface area contributed by atoms with Gasteiger partial charge in [0.25, 0.3) is 11.5 Å². The predicted molar refractivity (Wildman–Crippen MR) is 137 cm³/mol. The lowest BCUT2D eigenvalue weighted by Crippen LogP contribution is -2.38. The molecule has 0 unspecified atom stereocenters. The maximum atomic E-state index is 14.0. The standard InChI is InChI=1S/C26H33F2N5O4/c1-5-9-25(37-4,10-11-29-16-35)21-13-20-22(24(36)33(21)3)31-17(2)32-23(20)30-14-18-7-6-8-19(12-18)26(27,28)15-34/h6-8,12-13,16,34H,5,9-11,14-15H2,1-4H3,(H,29,35)(H,30,31,32)/t25-/m0/s1. The Kier molecular flexibility index (Phi) is 8.93. The van der Waals surface area contributed by atoms with Crippen LogP contribution in [0.5, 0.6) is 0 Å². The Morgan fingerprint density at radius 2 is 1.97 bits per heavy atom. The molecule has 9 nitrogen and oxygen atoms in total. The zero-order valence-electron chi connectivity index (χ0n) is 21.5. The van der Waals surface area contributed by atoms with Crippen LogP contribution in [0.2, 0.25) is 0 Å². The second-order valence-corrected chi connectivity index (χ2v) is 8.96.